The number of hydrogen-bond donors (Lipinski definition) is 1. The summed E-state index contributed by atoms with van der Waals surface area (Å²) in [6.07, 6.45) is -3.82. The minimum atomic E-state index is -4.26. The lowest BCUT2D eigenvalue weighted by atomic mass is 9.96. The van der Waals surface area contributed by atoms with Gasteiger partial charge in [-0.15, -0.1) is 0 Å². The van der Waals surface area contributed by atoms with Crippen molar-refractivity contribution in [2.75, 3.05) is 18.0 Å². The Morgan fingerprint density at radius 1 is 1.40 bits per heavy atom. The molecule has 1 aromatic carbocycles. The molecule has 1 unspecified atom stereocenters. The average molecular weight is 308 g/mol. The highest BCUT2D eigenvalue weighted by Gasteiger charge is 2.42. The molecule has 0 aliphatic carbocycles. The van der Waals surface area contributed by atoms with Crippen molar-refractivity contribution < 1.29 is 23.1 Å². The van der Waals surface area contributed by atoms with E-state index in [9.17, 15) is 18.0 Å². The summed E-state index contributed by atoms with van der Waals surface area (Å²) in [6.45, 7) is 0.164. The number of carboxylic acids is 1. The van der Waals surface area contributed by atoms with Crippen LogP contribution in [0, 0.1) is 5.92 Å². The normalized spacial score (nSPS) is 20.0. The number of anilines is 1. The third-order valence-electron chi connectivity index (χ3n) is 3.43. The fourth-order valence-electron chi connectivity index (χ4n) is 2.45. The topological polar surface area (TPSA) is 40.5 Å². The highest BCUT2D eigenvalue weighted by molar-refractivity contribution is 6.34. The Hall–Kier alpha value is -1.43. The number of piperidine rings is 1. The molecule has 110 valence electrons. The van der Waals surface area contributed by atoms with Gasteiger partial charge in [-0.25, -0.2) is 4.79 Å². The number of alkyl halides is 3. The Bertz CT molecular complexity index is 519. The van der Waals surface area contributed by atoms with E-state index in [0.717, 1.165) is 0 Å². The molecule has 0 aromatic heterocycles. The smallest absolute Gasteiger partial charge is 0.393 e. The molecular weight excluding hydrogens is 295 g/mol. The van der Waals surface area contributed by atoms with E-state index in [-0.39, 0.29) is 29.2 Å². The molecule has 2 rings (SSSR count). The molecule has 1 aliphatic heterocycles. The Morgan fingerprint density at radius 3 is 2.70 bits per heavy atom. The quantitative estimate of drug-likeness (QED) is 0.903. The lowest BCUT2D eigenvalue weighted by Gasteiger charge is -2.36. The Kier molecular flexibility index (Phi) is 4.13. The fourth-order valence-corrected chi connectivity index (χ4v) is 2.70. The van der Waals surface area contributed by atoms with Crippen molar-refractivity contribution >= 4 is 23.3 Å². The number of hydrogen-bond acceptors (Lipinski definition) is 2. The molecule has 0 bridgehead atoms. The van der Waals surface area contributed by atoms with Crippen LogP contribution >= 0.6 is 11.6 Å². The average Bonchev–Trinajstić information content (AvgIpc) is 2.37. The predicted molar refractivity (Wildman–Crippen MR) is 69.4 cm³/mol. The summed E-state index contributed by atoms with van der Waals surface area (Å²) < 4.78 is 38.4. The molecule has 20 heavy (non-hydrogen) atoms. The van der Waals surface area contributed by atoms with Crippen molar-refractivity contribution in [3.8, 4) is 0 Å². The van der Waals surface area contributed by atoms with E-state index in [1.165, 1.54) is 17.0 Å². The molecule has 0 radical (unpaired) electrons. The summed E-state index contributed by atoms with van der Waals surface area (Å²) in [5.41, 5.74) is 0.107. The molecule has 1 atom stereocenters. The van der Waals surface area contributed by atoms with E-state index in [0.29, 0.717) is 13.0 Å². The second-order valence-corrected chi connectivity index (χ2v) is 5.17. The van der Waals surface area contributed by atoms with Crippen molar-refractivity contribution in [2.24, 2.45) is 5.92 Å². The van der Waals surface area contributed by atoms with Crippen LogP contribution < -0.4 is 4.90 Å². The molecule has 0 amide bonds. The maximum atomic E-state index is 12.8. The van der Waals surface area contributed by atoms with Gasteiger partial charge >= 0.3 is 12.1 Å². The van der Waals surface area contributed by atoms with E-state index in [1.54, 1.807) is 6.07 Å². The van der Waals surface area contributed by atoms with Crippen LogP contribution in [-0.2, 0) is 0 Å². The van der Waals surface area contributed by atoms with E-state index in [4.69, 9.17) is 16.7 Å². The van der Waals surface area contributed by atoms with Crippen LogP contribution in [0.25, 0.3) is 0 Å². The molecular formula is C13H13ClF3NO2. The van der Waals surface area contributed by atoms with Gasteiger partial charge < -0.3 is 10.0 Å². The van der Waals surface area contributed by atoms with Gasteiger partial charge in [0.2, 0.25) is 0 Å². The van der Waals surface area contributed by atoms with Crippen molar-refractivity contribution in [3.05, 3.63) is 28.8 Å². The van der Waals surface area contributed by atoms with Crippen molar-refractivity contribution in [3.63, 3.8) is 0 Å². The third kappa shape index (κ3) is 3.00. The molecule has 1 heterocycles. The van der Waals surface area contributed by atoms with Crippen LogP contribution in [0.1, 0.15) is 23.2 Å². The SMILES string of the molecule is O=C(O)c1c(Cl)cccc1N1CCCC(C(F)(F)F)C1. The van der Waals surface area contributed by atoms with Gasteiger partial charge in [0.25, 0.3) is 0 Å². The first-order valence-corrected chi connectivity index (χ1v) is 6.52. The summed E-state index contributed by atoms with van der Waals surface area (Å²) in [5.74, 6) is -2.67. The van der Waals surface area contributed by atoms with Crippen LogP contribution in [0.4, 0.5) is 18.9 Å². The minimum absolute atomic E-state index is 0.0316. The number of benzene rings is 1. The summed E-state index contributed by atoms with van der Waals surface area (Å²) in [6, 6.07) is 4.45. The van der Waals surface area contributed by atoms with Crippen molar-refractivity contribution in [1.82, 2.24) is 0 Å². The summed E-state index contributed by atoms with van der Waals surface area (Å²) in [7, 11) is 0. The second-order valence-electron chi connectivity index (χ2n) is 4.77. The number of nitrogens with zero attached hydrogens (tertiary/aromatic N) is 1. The van der Waals surface area contributed by atoms with Crippen LogP contribution in [0.2, 0.25) is 5.02 Å². The molecule has 7 heteroatoms. The fraction of sp³-hybridized carbons (Fsp3) is 0.462. The number of carboxylic acid groups (broad SMARTS) is 1. The van der Waals surface area contributed by atoms with Crippen LogP contribution in [-0.4, -0.2) is 30.3 Å². The van der Waals surface area contributed by atoms with Gasteiger partial charge in [-0.1, -0.05) is 17.7 Å². The van der Waals surface area contributed by atoms with Crippen LogP contribution in [0.5, 0.6) is 0 Å². The molecule has 3 nitrogen and oxygen atoms in total. The maximum absolute atomic E-state index is 12.8. The molecule has 1 aliphatic rings. The number of aromatic carboxylic acids is 1. The number of rotatable bonds is 2. The van der Waals surface area contributed by atoms with Gasteiger partial charge in [0, 0.05) is 13.1 Å². The Labute approximate surface area is 118 Å². The lowest BCUT2D eigenvalue weighted by Crippen LogP contribution is -2.42. The molecule has 0 saturated carbocycles. The van der Waals surface area contributed by atoms with Crippen LogP contribution in [0.3, 0.4) is 0 Å². The number of halogens is 4. The molecule has 1 N–H and O–H groups in total. The Balaban J connectivity index is 2.32. The lowest BCUT2D eigenvalue weighted by molar-refractivity contribution is -0.175. The first-order valence-electron chi connectivity index (χ1n) is 6.14. The zero-order valence-electron chi connectivity index (χ0n) is 10.5. The van der Waals surface area contributed by atoms with E-state index >= 15 is 0 Å². The monoisotopic (exact) mass is 307 g/mol. The largest absolute Gasteiger partial charge is 0.478 e. The minimum Gasteiger partial charge on any atom is -0.478 e. The van der Waals surface area contributed by atoms with E-state index in [1.807, 2.05) is 0 Å². The third-order valence-corrected chi connectivity index (χ3v) is 3.75. The molecule has 1 fully saturated rings. The first-order chi connectivity index (χ1) is 9.30. The van der Waals surface area contributed by atoms with Gasteiger partial charge in [-0.2, -0.15) is 13.2 Å². The van der Waals surface area contributed by atoms with Gasteiger partial charge in [0.15, 0.2) is 0 Å². The highest BCUT2D eigenvalue weighted by Crippen LogP contribution is 2.36. The zero-order chi connectivity index (χ0) is 14.9. The zero-order valence-corrected chi connectivity index (χ0v) is 11.2. The van der Waals surface area contributed by atoms with Gasteiger partial charge in [0.05, 0.1) is 16.6 Å². The van der Waals surface area contributed by atoms with Crippen molar-refractivity contribution in [2.45, 2.75) is 19.0 Å². The van der Waals surface area contributed by atoms with Gasteiger partial charge in [0.1, 0.15) is 5.56 Å². The highest BCUT2D eigenvalue weighted by atomic mass is 35.5. The standard InChI is InChI=1S/C13H13ClF3NO2/c14-9-4-1-5-10(11(9)12(19)20)18-6-2-3-8(7-18)13(15,16)17/h1,4-5,8H,2-3,6-7H2,(H,19,20). The van der Waals surface area contributed by atoms with Gasteiger partial charge in [-0.05, 0) is 25.0 Å². The summed E-state index contributed by atoms with van der Waals surface area (Å²) in [5, 5.41) is 9.20. The first kappa shape index (κ1) is 15.0. The predicted octanol–water partition coefficient (Wildman–Crippen LogP) is 3.82. The van der Waals surface area contributed by atoms with Crippen LogP contribution in [0.15, 0.2) is 18.2 Å². The van der Waals surface area contributed by atoms with E-state index in [2.05, 4.69) is 0 Å². The summed E-state index contributed by atoms with van der Waals surface area (Å²) >= 11 is 5.84. The molecule has 1 aromatic rings. The van der Waals surface area contributed by atoms with Crippen molar-refractivity contribution in [1.29, 1.82) is 0 Å². The van der Waals surface area contributed by atoms with E-state index < -0.39 is 18.1 Å². The molecule has 1 saturated heterocycles. The maximum Gasteiger partial charge on any atom is 0.393 e. The van der Waals surface area contributed by atoms with Gasteiger partial charge in [-0.3, -0.25) is 0 Å². The second kappa shape index (κ2) is 5.52. The molecule has 0 spiro atoms. The summed E-state index contributed by atoms with van der Waals surface area (Å²) in [4.78, 5) is 12.7. The number of carbonyl (C=O) groups is 1. The Morgan fingerprint density at radius 2 is 2.10 bits per heavy atom.